The van der Waals surface area contributed by atoms with Crippen molar-refractivity contribution in [3.05, 3.63) is 29.8 Å². The Morgan fingerprint density at radius 1 is 1.19 bits per heavy atom. The molecule has 0 saturated heterocycles. The number of carbonyl (C=O) groups excluding carboxylic acids is 1. The third-order valence-corrected chi connectivity index (χ3v) is 6.51. The van der Waals surface area contributed by atoms with Gasteiger partial charge in [-0.15, -0.1) is 0 Å². The van der Waals surface area contributed by atoms with Crippen molar-refractivity contribution >= 4 is 15.7 Å². The number of amides is 1. The molecule has 4 fully saturated rings. The summed E-state index contributed by atoms with van der Waals surface area (Å²) in [5.74, 6) is 0.895. The fourth-order valence-electron chi connectivity index (χ4n) is 5.55. The fourth-order valence-corrected chi connectivity index (χ4v) is 5.90. The molecule has 2 atom stereocenters. The van der Waals surface area contributed by atoms with Crippen LogP contribution in [0.5, 0.6) is 5.75 Å². The number of aliphatic hydroxyl groups is 1. The van der Waals surface area contributed by atoms with E-state index in [2.05, 4.69) is 5.32 Å². The molecule has 4 aliphatic rings. The maximum atomic E-state index is 12.7. The predicted molar refractivity (Wildman–Crippen MR) is 96.6 cm³/mol. The molecule has 4 bridgehead atoms. The summed E-state index contributed by atoms with van der Waals surface area (Å²) in [6, 6.07) is 6.49. The Morgan fingerprint density at radius 2 is 1.81 bits per heavy atom. The van der Waals surface area contributed by atoms with Crippen molar-refractivity contribution in [2.75, 3.05) is 12.2 Å². The van der Waals surface area contributed by atoms with Gasteiger partial charge in [0, 0.05) is 17.4 Å². The van der Waals surface area contributed by atoms with Gasteiger partial charge in [0.15, 0.2) is 15.8 Å². The average molecular weight is 379 g/mol. The summed E-state index contributed by atoms with van der Waals surface area (Å²) in [4.78, 5) is 12.7. The van der Waals surface area contributed by atoms with Gasteiger partial charge in [0.2, 0.25) is 0 Å². The van der Waals surface area contributed by atoms with Gasteiger partial charge in [0.1, 0.15) is 5.75 Å². The Balaban J connectivity index is 1.44. The van der Waals surface area contributed by atoms with Gasteiger partial charge in [-0.05, 0) is 74.6 Å². The number of ether oxygens (including phenoxy) is 1. The van der Waals surface area contributed by atoms with Crippen LogP contribution in [0.4, 0.5) is 0 Å². The van der Waals surface area contributed by atoms with Gasteiger partial charge >= 0.3 is 0 Å². The molecule has 1 amide bonds. The predicted octanol–water partition coefficient (Wildman–Crippen LogP) is 1.88. The Labute approximate surface area is 153 Å². The molecule has 0 aromatic heterocycles. The Hall–Kier alpha value is -1.60. The lowest BCUT2D eigenvalue weighted by Gasteiger charge is -2.60. The van der Waals surface area contributed by atoms with E-state index >= 15 is 0 Å². The summed E-state index contributed by atoms with van der Waals surface area (Å²) >= 11 is 0. The molecular weight excluding hydrogens is 354 g/mol. The number of benzene rings is 1. The summed E-state index contributed by atoms with van der Waals surface area (Å²) in [6.45, 7) is 0. The molecule has 4 aliphatic carbocycles. The lowest BCUT2D eigenvalue weighted by Crippen LogP contribution is -2.65. The van der Waals surface area contributed by atoms with Crippen LogP contribution >= 0.6 is 0 Å². The van der Waals surface area contributed by atoms with E-state index in [1.807, 2.05) is 0 Å². The van der Waals surface area contributed by atoms with Crippen molar-refractivity contribution in [2.24, 2.45) is 11.8 Å². The number of sulfone groups is 1. The van der Waals surface area contributed by atoms with Gasteiger partial charge in [-0.3, -0.25) is 4.79 Å². The quantitative estimate of drug-likeness (QED) is 0.815. The molecule has 0 spiro atoms. The van der Waals surface area contributed by atoms with Crippen LogP contribution in [0, 0.1) is 11.8 Å². The minimum atomic E-state index is -3.21. The smallest absolute Gasteiger partial charge is 0.251 e. The number of hydrogen-bond acceptors (Lipinski definition) is 5. The van der Waals surface area contributed by atoms with Gasteiger partial charge in [-0.25, -0.2) is 8.42 Å². The van der Waals surface area contributed by atoms with Gasteiger partial charge in [-0.2, -0.15) is 0 Å². The molecular formula is C19H25NO5S. The first-order chi connectivity index (χ1) is 12.1. The standard InChI is InChI=1S/C19H25NO5S/c1-26(23,24)12-25-16-4-2-15(3-5-16)17(21)20-18-7-13-6-14(8-18)10-19(22,9-13)11-18/h2-5,13-14,22H,6-12H2,1H3,(H,20,21). The largest absolute Gasteiger partial charge is 0.478 e. The highest BCUT2D eigenvalue weighted by Gasteiger charge is 2.57. The fraction of sp³-hybridized carbons (Fsp3) is 0.632. The van der Waals surface area contributed by atoms with Crippen molar-refractivity contribution in [1.82, 2.24) is 5.32 Å². The highest BCUT2D eigenvalue weighted by Crippen LogP contribution is 2.57. The van der Waals surface area contributed by atoms with Crippen LogP contribution in [-0.4, -0.2) is 42.8 Å². The first-order valence-electron chi connectivity index (χ1n) is 9.09. The minimum absolute atomic E-state index is 0.148. The zero-order valence-corrected chi connectivity index (χ0v) is 15.7. The molecule has 2 unspecified atom stereocenters. The second-order valence-electron chi connectivity index (χ2n) is 8.63. The third-order valence-electron chi connectivity index (χ3n) is 5.97. The number of rotatable bonds is 5. The molecule has 26 heavy (non-hydrogen) atoms. The van der Waals surface area contributed by atoms with Crippen LogP contribution in [0.1, 0.15) is 48.9 Å². The molecule has 7 heteroatoms. The molecule has 142 valence electrons. The molecule has 0 heterocycles. The van der Waals surface area contributed by atoms with E-state index in [1.165, 1.54) is 6.42 Å². The highest BCUT2D eigenvalue weighted by atomic mass is 32.2. The van der Waals surface area contributed by atoms with Crippen LogP contribution < -0.4 is 10.1 Å². The Bertz CT molecular complexity index is 803. The topological polar surface area (TPSA) is 92.7 Å². The summed E-state index contributed by atoms with van der Waals surface area (Å²) in [5.41, 5.74) is -0.387. The first-order valence-corrected chi connectivity index (χ1v) is 11.2. The van der Waals surface area contributed by atoms with Gasteiger partial charge in [0.05, 0.1) is 5.60 Å². The van der Waals surface area contributed by atoms with Crippen LogP contribution in [0.15, 0.2) is 24.3 Å². The van der Waals surface area contributed by atoms with E-state index in [1.54, 1.807) is 24.3 Å². The van der Waals surface area contributed by atoms with Crippen LogP contribution in [-0.2, 0) is 9.84 Å². The second-order valence-corrected chi connectivity index (χ2v) is 10.7. The van der Waals surface area contributed by atoms with Gasteiger partial charge < -0.3 is 15.2 Å². The minimum Gasteiger partial charge on any atom is -0.478 e. The normalized spacial score (nSPS) is 35.3. The second kappa shape index (κ2) is 5.96. The summed E-state index contributed by atoms with van der Waals surface area (Å²) in [6.07, 6.45) is 6.57. The maximum Gasteiger partial charge on any atom is 0.251 e. The van der Waals surface area contributed by atoms with E-state index in [9.17, 15) is 18.3 Å². The summed E-state index contributed by atoms with van der Waals surface area (Å²) < 4.78 is 27.5. The van der Waals surface area contributed by atoms with Crippen LogP contribution in [0.3, 0.4) is 0 Å². The van der Waals surface area contributed by atoms with Crippen molar-refractivity contribution in [2.45, 2.75) is 49.7 Å². The maximum absolute atomic E-state index is 12.7. The molecule has 1 aromatic carbocycles. The third kappa shape index (κ3) is 3.60. The molecule has 1 aromatic rings. The molecule has 0 radical (unpaired) electrons. The first kappa shape index (κ1) is 17.8. The van der Waals surface area contributed by atoms with Gasteiger partial charge in [0.25, 0.3) is 5.91 Å². The van der Waals surface area contributed by atoms with E-state index in [0.29, 0.717) is 29.6 Å². The molecule has 2 N–H and O–H groups in total. The molecule has 6 nitrogen and oxygen atoms in total. The molecule has 4 saturated carbocycles. The Kier molecular flexibility index (Phi) is 4.08. The van der Waals surface area contributed by atoms with Gasteiger partial charge in [-0.1, -0.05) is 0 Å². The zero-order chi connectivity index (χ0) is 18.6. The highest BCUT2D eigenvalue weighted by molar-refractivity contribution is 7.90. The zero-order valence-electron chi connectivity index (χ0n) is 14.9. The summed E-state index contributed by atoms with van der Waals surface area (Å²) in [7, 11) is -3.21. The van der Waals surface area contributed by atoms with Crippen LogP contribution in [0.2, 0.25) is 0 Å². The number of hydrogen-bond donors (Lipinski definition) is 2. The van der Waals surface area contributed by atoms with Crippen LogP contribution in [0.25, 0.3) is 0 Å². The van der Waals surface area contributed by atoms with Crippen molar-refractivity contribution in [1.29, 1.82) is 0 Å². The van der Waals surface area contributed by atoms with Crippen molar-refractivity contribution < 1.29 is 23.1 Å². The van der Waals surface area contributed by atoms with E-state index < -0.39 is 15.4 Å². The van der Waals surface area contributed by atoms with E-state index in [-0.39, 0.29) is 17.4 Å². The number of nitrogens with one attached hydrogen (secondary N) is 1. The SMILES string of the molecule is CS(=O)(=O)COc1ccc(C(=O)NC23CC4CC(CC(O)(C4)C2)C3)cc1. The van der Waals surface area contributed by atoms with Crippen molar-refractivity contribution in [3.63, 3.8) is 0 Å². The Morgan fingerprint density at radius 3 is 2.35 bits per heavy atom. The lowest BCUT2D eigenvalue weighted by molar-refractivity contribution is -0.139. The average Bonchev–Trinajstić information content (AvgIpc) is 2.50. The summed E-state index contributed by atoms with van der Waals surface area (Å²) in [5, 5.41) is 14.0. The van der Waals surface area contributed by atoms with E-state index in [0.717, 1.165) is 31.9 Å². The molecule has 5 rings (SSSR count). The monoisotopic (exact) mass is 379 g/mol. The van der Waals surface area contributed by atoms with Crippen molar-refractivity contribution in [3.8, 4) is 5.75 Å². The molecule has 0 aliphatic heterocycles. The van der Waals surface area contributed by atoms with E-state index in [4.69, 9.17) is 4.74 Å². The number of carbonyl (C=O) groups is 1. The lowest BCUT2D eigenvalue weighted by atomic mass is 9.51.